The van der Waals surface area contributed by atoms with Crippen molar-refractivity contribution < 1.29 is 14.6 Å². The number of carboxylic acids is 1. The Kier molecular flexibility index (Phi) is 4.95. The Labute approximate surface area is 106 Å². The van der Waals surface area contributed by atoms with Gasteiger partial charge >= 0.3 is 5.97 Å². The van der Waals surface area contributed by atoms with Crippen LogP contribution in [0.2, 0.25) is 0 Å². The van der Waals surface area contributed by atoms with Crippen molar-refractivity contribution in [2.24, 2.45) is 5.92 Å². The second kappa shape index (κ2) is 6.23. The minimum atomic E-state index is -1.01. The highest BCUT2D eigenvalue weighted by atomic mass is 16.5. The van der Waals surface area contributed by atoms with Crippen LogP contribution in [-0.2, 0) is 4.79 Å². The molecule has 100 valence electrons. The lowest BCUT2D eigenvalue weighted by Gasteiger charge is -2.19. The fraction of sp³-hybridized carbons (Fsp3) is 0.538. The first-order chi connectivity index (χ1) is 8.49. The van der Waals surface area contributed by atoms with E-state index in [1.807, 2.05) is 6.92 Å². The van der Waals surface area contributed by atoms with E-state index in [0.717, 1.165) is 6.42 Å². The largest absolute Gasteiger partial charge is 0.488 e. The monoisotopic (exact) mass is 253 g/mol. The Morgan fingerprint density at radius 2 is 2.17 bits per heavy atom. The Hall–Kier alpha value is -1.78. The highest BCUT2D eigenvalue weighted by Crippen LogP contribution is 2.17. The first-order valence-electron chi connectivity index (χ1n) is 6.05. The quantitative estimate of drug-likeness (QED) is 0.841. The van der Waals surface area contributed by atoms with E-state index in [1.54, 1.807) is 26.0 Å². The molecule has 1 aromatic heterocycles. The molecule has 0 saturated carbocycles. The number of carbonyl (C=O) groups is 1. The van der Waals surface area contributed by atoms with Crippen LogP contribution in [0.3, 0.4) is 0 Å². The van der Waals surface area contributed by atoms with Crippen molar-refractivity contribution in [2.75, 3.05) is 6.61 Å². The minimum Gasteiger partial charge on any atom is -0.488 e. The van der Waals surface area contributed by atoms with Crippen molar-refractivity contribution in [3.05, 3.63) is 28.7 Å². The molecule has 1 N–H and O–H groups in total. The van der Waals surface area contributed by atoms with Gasteiger partial charge in [0.05, 0.1) is 6.61 Å². The van der Waals surface area contributed by atoms with Gasteiger partial charge in [0.25, 0.3) is 5.56 Å². The third-order valence-electron chi connectivity index (χ3n) is 2.59. The average Bonchev–Trinajstić information content (AvgIpc) is 2.29. The number of hydrogen-bond donors (Lipinski definition) is 1. The maximum atomic E-state index is 12.1. The zero-order valence-corrected chi connectivity index (χ0v) is 10.9. The minimum absolute atomic E-state index is 0.179. The van der Waals surface area contributed by atoms with Crippen LogP contribution in [0, 0.1) is 5.92 Å². The molecule has 0 spiro atoms. The van der Waals surface area contributed by atoms with Crippen LogP contribution in [0.4, 0.5) is 0 Å². The van der Waals surface area contributed by atoms with E-state index in [1.165, 1.54) is 10.8 Å². The molecule has 0 amide bonds. The predicted molar refractivity (Wildman–Crippen MR) is 68.0 cm³/mol. The van der Waals surface area contributed by atoms with Gasteiger partial charge in [-0.05, 0) is 24.5 Å². The Morgan fingerprint density at radius 1 is 1.50 bits per heavy atom. The van der Waals surface area contributed by atoms with Crippen LogP contribution < -0.4 is 10.3 Å². The van der Waals surface area contributed by atoms with Crippen LogP contribution >= 0.6 is 0 Å². The van der Waals surface area contributed by atoms with Crippen molar-refractivity contribution in [3.8, 4) is 5.75 Å². The van der Waals surface area contributed by atoms with Gasteiger partial charge in [0.2, 0.25) is 0 Å². The summed E-state index contributed by atoms with van der Waals surface area (Å²) in [6.07, 6.45) is 2.28. The van der Waals surface area contributed by atoms with Crippen LogP contribution in [-0.4, -0.2) is 22.2 Å². The molecule has 1 atom stereocenters. The molecule has 1 rings (SSSR count). The summed E-state index contributed by atoms with van der Waals surface area (Å²) in [7, 11) is 0. The number of aromatic nitrogens is 1. The lowest BCUT2D eigenvalue weighted by molar-refractivity contribution is -0.142. The summed E-state index contributed by atoms with van der Waals surface area (Å²) < 4.78 is 6.53. The van der Waals surface area contributed by atoms with Crippen LogP contribution in [0.1, 0.15) is 33.2 Å². The molecule has 5 heteroatoms. The Morgan fingerprint density at radius 3 is 2.67 bits per heavy atom. The van der Waals surface area contributed by atoms with Crippen molar-refractivity contribution in [1.29, 1.82) is 0 Å². The number of pyridine rings is 1. The predicted octanol–water partition coefficient (Wildman–Crippen LogP) is 1.92. The number of ether oxygens (including phenoxy) is 1. The Balaban J connectivity index is 3.16. The smallest absolute Gasteiger partial charge is 0.327 e. The molecular formula is C13H19NO4. The molecule has 0 saturated heterocycles. The summed E-state index contributed by atoms with van der Waals surface area (Å²) in [5, 5.41) is 9.19. The average molecular weight is 253 g/mol. The fourth-order valence-electron chi connectivity index (χ4n) is 1.76. The standard InChI is InChI=1S/C13H19NO4/c1-4-8-18-10-6-5-7-14(12(10)15)11(9(2)3)13(16)17/h5-7,9,11H,4,8H2,1-3H3,(H,16,17). The van der Waals surface area contributed by atoms with E-state index in [4.69, 9.17) is 4.74 Å². The van der Waals surface area contributed by atoms with Gasteiger partial charge in [-0.2, -0.15) is 0 Å². The summed E-state index contributed by atoms with van der Waals surface area (Å²) in [5.41, 5.74) is -0.396. The van der Waals surface area contributed by atoms with E-state index in [2.05, 4.69) is 0 Å². The SMILES string of the molecule is CCCOc1cccn(C(C(=O)O)C(C)C)c1=O. The van der Waals surface area contributed by atoms with E-state index in [0.29, 0.717) is 6.61 Å². The van der Waals surface area contributed by atoms with Gasteiger partial charge < -0.3 is 9.84 Å². The van der Waals surface area contributed by atoms with Crippen molar-refractivity contribution in [3.63, 3.8) is 0 Å². The van der Waals surface area contributed by atoms with Gasteiger partial charge in [-0.15, -0.1) is 0 Å². The van der Waals surface area contributed by atoms with Gasteiger partial charge in [0.15, 0.2) is 5.75 Å². The molecule has 5 nitrogen and oxygen atoms in total. The molecule has 0 bridgehead atoms. The summed E-state index contributed by atoms with van der Waals surface area (Å²) in [6, 6.07) is 2.32. The zero-order chi connectivity index (χ0) is 13.7. The van der Waals surface area contributed by atoms with E-state index < -0.39 is 17.6 Å². The molecule has 0 aliphatic carbocycles. The number of nitrogens with zero attached hydrogens (tertiary/aromatic N) is 1. The fourth-order valence-corrected chi connectivity index (χ4v) is 1.76. The first-order valence-corrected chi connectivity index (χ1v) is 6.05. The molecule has 1 aromatic rings. The highest BCUT2D eigenvalue weighted by molar-refractivity contribution is 5.72. The third-order valence-corrected chi connectivity index (χ3v) is 2.59. The molecular weight excluding hydrogens is 234 g/mol. The molecule has 0 aromatic carbocycles. The number of carboxylic acid groups (broad SMARTS) is 1. The summed E-state index contributed by atoms with van der Waals surface area (Å²) in [6.45, 7) is 5.92. The molecule has 1 unspecified atom stereocenters. The maximum absolute atomic E-state index is 12.1. The molecule has 1 heterocycles. The van der Waals surface area contributed by atoms with Crippen molar-refractivity contribution in [1.82, 2.24) is 4.57 Å². The lowest BCUT2D eigenvalue weighted by atomic mass is 10.0. The van der Waals surface area contributed by atoms with Gasteiger partial charge in [0, 0.05) is 6.20 Å². The normalized spacial score (nSPS) is 12.4. The molecule has 0 aliphatic rings. The van der Waals surface area contributed by atoms with Crippen molar-refractivity contribution >= 4 is 5.97 Å². The van der Waals surface area contributed by atoms with E-state index in [-0.39, 0.29) is 11.7 Å². The maximum Gasteiger partial charge on any atom is 0.327 e. The van der Waals surface area contributed by atoms with E-state index >= 15 is 0 Å². The van der Waals surface area contributed by atoms with Gasteiger partial charge in [-0.25, -0.2) is 4.79 Å². The summed E-state index contributed by atoms with van der Waals surface area (Å²) in [5.74, 6) is -0.993. The van der Waals surface area contributed by atoms with Gasteiger partial charge in [-0.3, -0.25) is 9.36 Å². The van der Waals surface area contributed by atoms with Crippen LogP contribution in [0.5, 0.6) is 5.75 Å². The van der Waals surface area contributed by atoms with Crippen LogP contribution in [0.15, 0.2) is 23.1 Å². The third kappa shape index (κ3) is 3.12. The zero-order valence-electron chi connectivity index (χ0n) is 10.9. The van der Waals surface area contributed by atoms with Crippen LogP contribution in [0.25, 0.3) is 0 Å². The number of rotatable bonds is 6. The highest BCUT2D eigenvalue weighted by Gasteiger charge is 2.25. The molecule has 18 heavy (non-hydrogen) atoms. The molecule has 0 fully saturated rings. The van der Waals surface area contributed by atoms with E-state index in [9.17, 15) is 14.7 Å². The Bertz CT molecular complexity index is 464. The van der Waals surface area contributed by atoms with Crippen molar-refractivity contribution in [2.45, 2.75) is 33.2 Å². The second-order valence-electron chi connectivity index (χ2n) is 4.46. The summed E-state index contributed by atoms with van der Waals surface area (Å²) in [4.78, 5) is 23.3. The topological polar surface area (TPSA) is 68.5 Å². The molecule has 0 radical (unpaired) electrons. The summed E-state index contributed by atoms with van der Waals surface area (Å²) >= 11 is 0. The second-order valence-corrected chi connectivity index (χ2v) is 4.46. The molecule has 0 aliphatic heterocycles. The lowest BCUT2D eigenvalue weighted by Crippen LogP contribution is -2.33. The van der Waals surface area contributed by atoms with Gasteiger partial charge in [-0.1, -0.05) is 20.8 Å². The first kappa shape index (κ1) is 14.3. The van der Waals surface area contributed by atoms with Gasteiger partial charge in [0.1, 0.15) is 6.04 Å². The number of aliphatic carboxylic acids is 1. The number of hydrogen-bond acceptors (Lipinski definition) is 3.